The van der Waals surface area contributed by atoms with Gasteiger partial charge in [-0.1, -0.05) is 6.07 Å². The number of nitrogens with zero attached hydrogens (tertiary/aromatic N) is 1. The normalized spacial score (nSPS) is 11.8. The van der Waals surface area contributed by atoms with E-state index >= 15 is 0 Å². The third-order valence-corrected chi connectivity index (χ3v) is 2.80. The topological polar surface area (TPSA) is 53.2 Å². The van der Waals surface area contributed by atoms with Crippen molar-refractivity contribution < 1.29 is 23.0 Å². The van der Waals surface area contributed by atoms with E-state index in [1.807, 2.05) is 0 Å². The molecule has 3 nitrogen and oxygen atoms in total. The molecule has 0 fully saturated rings. The molecule has 0 spiro atoms. The summed E-state index contributed by atoms with van der Waals surface area (Å²) in [6.07, 6.45) is -1.45. The zero-order valence-corrected chi connectivity index (χ0v) is 10.7. The second-order valence-electron chi connectivity index (χ2n) is 4.22. The van der Waals surface area contributed by atoms with Gasteiger partial charge in [0.25, 0.3) is 0 Å². The molecule has 6 heteroatoms. The van der Waals surface area contributed by atoms with Gasteiger partial charge in [0.2, 0.25) is 0 Å². The Morgan fingerprint density at radius 2 is 1.90 bits per heavy atom. The first-order valence-electron chi connectivity index (χ1n) is 5.97. The molecule has 0 heterocycles. The van der Waals surface area contributed by atoms with Crippen molar-refractivity contribution in [2.45, 2.75) is 6.10 Å². The molecule has 0 saturated carbocycles. The lowest BCUT2D eigenvalue weighted by Gasteiger charge is -2.14. The molecular weight excluding hydrogens is 283 g/mol. The van der Waals surface area contributed by atoms with E-state index in [4.69, 9.17) is 10.00 Å². The number of nitriles is 1. The van der Waals surface area contributed by atoms with E-state index < -0.39 is 30.2 Å². The summed E-state index contributed by atoms with van der Waals surface area (Å²) in [5.41, 5.74) is -0.589. The van der Waals surface area contributed by atoms with E-state index in [0.29, 0.717) is 0 Å². The maximum absolute atomic E-state index is 13.5. The van der Waals surface area contributed by atoms with E-state index in [1.165, 1.54) is 12.1 Å². The van der Waals surface area contributed by atoms with Gasteiger partial charge in [0.1, 0.15) is 47.5 Å². The molecule has 2 aromatic carbocycles. The fourth-order valence-electron chi connectivity index (χ4n) is 1.76. The van der Waals surface area contributed by atoms with Crippen molar-refractivity contribution in [3.05, 3.63) is 65.0 Å². The van der Waals surface area contributed by atoms with Crippen LogP contribution in [0.3, 0.4) is 0 Å². The minimum atomic E-state index is -1.45. The predicted molar refractivity (Wildman–Crippen MR) is 67.9 cm³/mol. The molecule has 2 aromatic rings. The number of aliphatic hydroxyl groups excluding tert-OH is 1. The van der Waals surface area contributed by atoms with Crippen molar-refractivity contribution in [2.75, 3.05) is 6.61 Å². The number of hydrogen-bond acceptors (Lipinski definition) is 3. The quantitative estimate of drug-likeness (QED) is 0.942. The molecule has 0 aliphatic carbocycles. The van der Waals surface area contributed by atoms with Gasteiger partial charge in [0.15, 0.2) is 0 Å². The Morgan fingerprint density at radius 3 is 2.62 bits per heavy atom. The highest BCUT2D eigenvalue weighted by atomic mass is 19.1. The number of ether oxygens (including phenoxy) is 1. The van der Waals surface area contributed by atoms with Crippen molar-refractivity contribution in [1.29, 1.82) is 5.26 Å². The van der Waals surface area contributed by atoms with Crippen molar-refractivity contribution in [3.8, 4) is 11.8 Å². The molecule has 0 aromatic heterocycles. The highest BCUT2D eigenvalue weighted by Crippen LogP contribution is 2.23. The molecule has 0 aliphatic heterocycles. The van der Waals surface area contributed by atoms with Crippen LogP contribution in [0.4, 0.5) is 13.2 Å². The van der Waals surface area contributed by atoms with Gasteiger partial charge in [-0.3, -0.25) is 0 Å². The van der Waals surface area contributed by atoms with Crippen LogP contribution < -0.4 is 4.74 Å². The summed E-state index contributed by atoms with van der Waals surface area (Å²) >= 11 is 0. The zero-order chi connectivity index (χ0) is 15.4. The largest absolute Gasteiger partial charge is 0.489 e. The highest BCUT2D eigenvalue weighted by molar-refractivity contribution is 5.43. The number of aliphatic hydroxyl groups is 1. The predicted octanol–water partition coefficient (Wildman–Crippen LogP) is 3.09. The number of benzene rings is 2. The molecule has 1 N–H and O–H groups in total. The second kappa shape index (κ2) is 6.29. The lowest BCUT2D eigenvalue weighted by atomic mass is 10.1. The maximum atomic E-state index is 13.5. The van der Waals surface area contributed by atoms with Crippen LogP contribution in [0, 0.1) is 28.8 Å². The van der Waals surface area contributed by atoms with Crippen LogP contribution in [0.5, 0.6) is 5.75 Å². The molecule has 0 bridgehead atoms. The van der Waals surface area contributed by atoms with Crippen LogP contribution in [0.15, 0.2) is 36.4 Å². The molecule has 2 rings (SSSR count). The van der Waals surface area contributed by atoms with Gasteiger partial charge in [-0.05, 0) is 30.3 Å². The van der Waals surface area contributed by atoms with Gasteiger partial charge >= 0.3 is 0 Å². The summed E-state index contributed by atoms with van der Waals surface area (Å²) in [6, 6.07) is 8.06. The van der Waals surface area contributed by atoms with Gasteiger partial charge in [0.05, 0.1) is 0 Å². The monoisotopic (exact) mass is 293 g/mol. The fourth-order valence-corrected chi connectivity index (χ4v) is 1.76. The van der Waals surface area contributed by atoms with Crippen molar-refractivity contribution in [1.82, 2.24) is 0 Å². The SMILES string of the molecule is N#Cc1c(F)cccc1OCC(O)c1cc(F)ccc1F. The van der Waals surface area contributed by atoms with Gasteiger partial charge in [-0.15, -0.1) is 0 Å². The average Bonchev–Trinajstić information content (AvgIpc) is 2.47. The van der Waals surface area contributed by atoms with Gasteiger partial charge in [0, 0.05) is 5.56 Å². The van der Waals surface area contributed by atoms with E-state index in [0.717, 1.165) is 24.3 Å². The Balaban J connectivity index is 2.15. The highest BCUT2D eigenvalue weighted by Gasteiger charge is 2.16. The van der Waals surface area contributed by atoms with Crippen LogP contribution in [0.2, 0.25) is 0 Å². The number of halogens is 3. The van der Waals surface area contributed by atoms with Crippen molar-refractivity contribution in [3.63, 3.8) is 0 Å². The first-order chi connectivity index (χ1) is 10.0. The van der Waals surface area contributed by atoms with Crippen LogP contribution in [0.1, 0.15) is 17.2 Å². The summed E-state index contributed by atoms with van der Waals surface area (Å²) in [4.78, 5) is 0. The van der Waals surface area contributed by atoms with Crippen LogP contribution in [-0.4, -0.2) is 11.7 Å². The molecule has 21 heavy (non-hydrogen) atoms. The lowest BCUT2D eigenvalue weighted by Crippen LogP contribution is -2.12. The number of hydrogen-bond donors (Lipinski definition) is 1. The fraction of sp³-hybridized carbons (Fsp3) is 0.133. The Hall–Kier alpha value is -2.52. The van der Waals surface area contributed by atoms with E-state index in [1.54, 1.807) is 6.07 Å². The summed E-state index contributed by atoms with van der Waals surface area (Å²) in [5, 5.41) is 18.6. The van der Waals surface area contributed by atoms with Gasteiger partial charge in [-0.25, -0.2) is 13.2 Å². The third kappa shape index (κ3) is 3.33. The Kier molecular flexibility index (Phi) is 4.45. The summed E-state index contributed by atoms with van der Waals surface area (Å²) < 4.78 is 45.0. The Bertz CT molecular complexity index is 698. The minimum absolute atomic E-state index is 0.0756. The van der Waals surface area contributed by atoms with Crippen LogP contribution >= 0.6 is 0 Å². The standard InChI is InChI=1S/C15H10F3NO2/c16-9-4-5-13(18)10(6-9)14(20)8-21-15-3-1-2-12(17)11(15)7-19/h1-6,14,20H,8H2. The Morgan fingerprint density at radius 1 is 1.14 bits per heavy atom. The van der Waals surface area contributed by atoms with Crippen molar-refractivity contribution in [2.24, 2.45) is 0 Å². The molecule has 0 saturated heterocycles. The first-order valence-corrected chi connectivity index (χ1v) is 5.97. The maximum Gasteiger partial charge on any atom is 0.144 e. The molecule has 0 amide bonds. The van der Waals surface area contributed by atoms with Gasteiger partial charge in [-0.2, -0.15) is 5.26 Å². The number of rotatable bonds is 4. The summed E-state index contributed by atoms with van der Waals surface area (Å²) in [6.45, 7) is -0.446. The lowest BCUT2D eigenvalue weighted by molar-refractivity contribution is 0.104. The molecule has 0 radical (unpaired) electrons. The van der Waals surface area contributed by atoms with E-state index in [9.17, 15) is 18.3 Å². The molecule has 0 aliphatic rings. The van der Waals surface area contributed by atoms with Gasteiger partial charge < -0.3 is 9.84 Å². The van der Waals surface area contributed by atoms with E-state index in [2.05, 4.69) is 0 Å². The van der Waals surface area contributed by atoms with Crippen LogP contribution in [0.25, 0.3) is 0 Å². The molecular formula is C15H10F3NO2. The first kappa shape index (κ1) is 14.9. The van der Waals surface area contributed by atoms with Crippen molar-refractivity contribution >= 4 is 0 Å². The molecule has 1 atom stereocenters. The average molecular weight is 293 g/mol. The smallest absolute Gasteiger partial charge is 0.144 e. The minimum Gasteiger partial charge on any atom is -0.489 e. The molecule has 108 valence electrons. The Labute approximate surface area is 118 Å². The van der Waals surface area contributed by atoms with Crippen LogP contribution in [-0.2, 0) is 0 Å². The van der Waals surface area contributed by atoms with E-state index in [-0.39, 0.29) is 16.9 Å². The summed E-state index contributed by atoms with van der Waals surface area (Å²) in [5.74, 6) is -2.32. The summed E-state index contributed by atoms with van der Waals surface area (Å²) in [7, 11) is 0. The second-order valence-corrected chi connectivity index (χ2v) is 4.22. The third-order valence-electron chi connectivity index (χ3n) is 2.80. The zero-order valence-electron chi connectivity index (χ0n) is 10.7. The molecule has 1 unspecified atom stereocenters.